The van der Waals surface area contributed by atoms with Gasteiger partial charge in [0.25, 0.3) is 5.91 Å². The van der Waals surface area contributed by atoms with Crippen LogP contribution in [0, 0.1) is 6.92 Å². The van der Waals surface area contributed by atoms with Crippen molar-refractivity contribution in [2.24, 2.45) is 5.73 Å². The van der Waals surface area contributed by atoms with Crippen molar-refractivity contribution in [1.82, 2.24) is 10.3 Å². The van der Waals surface area contributed by atoms with Crippen LogP contribution in [0.3, 0.4) is 0 Å². The van der Waals surface area contributed by atoms with E-state index < -0.39 is 17.4 Å². The predicted octanol–water partition coefficient (Wildman–Crippen LogP) is 4.35. The Hall–Kier alpha value is -3.07. The number of hydrogen-bond donors (Lipinski definition) is 2. The third kappa shape index (κ3) is 4.10. The molecule has 1 amide bonds. The minimum absolute atomic E-state index is 0.0775. The van der Waals surface area contributed by atoms with E-state index in [0.717, 1.165) is 25.5 Å². The first-order chi connectivity index (χ1) is 14.7. The fourth-order valence-electron chi connectivity index (χ4n) is 3.83. The van der Waals surface area contributed by atoms with Crippen molar-refractivity contribution in [3.63, 3.8) is 0 Å². The first kappa shape index (κ1) is 21.2. The first-order valence-electron chi connectivity index (χ1n) is 9.92. The number of nitrogens with one attached hydrogen (secondary N) is 1. The Morgan fingerprint density at radius 1 is 1.32 bits per heavy atom. The van der Waals surface area contributed by atoms with E-state index in [1.165, 1.54) is 12.1 Å². The van der Waals surface area contributed by atoms with Crippen molar-refractivity contribution in [3.05, 3.63) is 59.1 Å². The second-order valence-corrected chi connectivity index (χ2v) is 7.78. The van der Waals surface area contributed by atoms with E-state index in [1.54, 1.807) is 25.1 Å². The van der Waals surface area contributed by atoms with E-state index in [9.17, 15) is 18.0 Å². The molecule has 0 spiro atoms. The van der Waals surface area contributed by atoms with Gasteiger partial charge in [-0.3, -0.25) is 9.78 Å². The lowest BCUT2D eigenvalue weighted by molar-refractivity contribution is -0.142. The van der Waals surface area contributed by atoms with Gasteiger partial charge < -0.3 is 20.2 Å². The molecule has 9 heteroatoms. The highest BCUT2D eigenvalue weighted by Crippen LogP contribution is 2.34. The molecule has 0 atom stereocenters. The highest BCUT2D eigenvalue weighted by molar-refractivity contribution is 6.07. The monoisotopic (exact) mass is 433 g/mol. The average Bonchev–Trinajstić information content (AvgIpc) is 3.03. The van der Waals surface area contributed by atoms with E-state index in [-0.39, 0.29) is 18.1 Å². The van der Waals surface area contributed by atoms with Crippen LogP contribution in [0.2, 0.25) is 0 Å². The van der Waals surface area contributed by atoms with Crippen LogP contribution in [0.5, 0.6) is 5.75 Å². The Morgan fingerprint density at radius 2 is 2.10 bits per heavy atom. The number of hydrogen-bond acceptors (Lipinski definition) is 5. The maximum atomic E-state index is 13.1. The van der Waals surface area contributed by atoms with E-state index in [2.05, 4.69) is 10.3 Å². The van der Waals surface area contributed by atoms with Gasteiger partial charge in [0.1, 0.15) is 23.7 Å². The normalized spacial score (nSPS) is 15.5. The number of pyridine rings is 1. The molecule has 1 aliphatic carbocycles. The molecule has 1 saturated carbocycles. The van der Waals surface area contributed by atoms with Crippen LogP contribution < -0.4 is 15.8 Å². The topological polar surface area (TPSA) is 90.4 Å². The van der Waals surface area contributed by atoms with Crippen molar-refractivity contribution in [3.8, 4) is 5.75 Å². The second kappa shape index (κ2) is 7.88. The second-order valence-electron chi connectivity index (χ2n) is 7.78. The number of benzene rings is 1. The van der Waals surface area contributed by atoms with Gasteiger partial charge >= 0.3 is 6.18 Å². The number of aryl methyl sites for hydroxylation is 1. The van der Waals surface area contributed by atoms with E-state index in [1.807, 2.05) is 0 Å². The Bertz CT molecular complexity index is 1110. The van der Waals surface area contributed by atoms with Crippen LogP contribution in [-0.2, 0) is 12.8 Å². The molecule has 31 heavy (non-hydrogen) atoms. The van der Waals surface area contributed by atoms with Gasteiger partial charge in [-0.1, -0.05) is 6.07 Å². The number of ether oxygens (including phenoxy) is 1. The van der Waals surface area contributed by atoms with Crippen molar-refractivity contribution in [2.45, 2.75) is 44.5 Å². The molecule has 164 valence electrons. The molecule has 0 radical (unpaired) electrons. The maximum Gasteiger partial charge on any atom is 0.433 e. The molecule has 0 saturated heterocycles. The van der Waals surface area contributed by atoms with Gasteiger partial charge in [0, 0.05) is 23.7 Å². The zero-order valence-electron chi connectivity index (χ0n) is 16.9. The number of carbonyl (C=O) groups is 1. The minimum atomic E-state index is -4.57. The Labute approximate surface area is 176 Å². The number of alkyl halides is 3. The number of amides is 1. The summed E-state index contributed by atoms with van der Waals surface area (Å²) < 4.78 is 50.7. The Morgan fingerprint density at radius 3 is 2.74 bits per heavy atom. The van der Waals surface area contributed by atoms with Gasteiger partial charge in [-0.15, -0.1) is 0 Å². The molecule has 2 aromatic heterocycles. The number of fused-ring (bicyclic) bond motifs is 1. The van der Waals surface area contributed by atoms with Crippen LogP contribution in [0.1, 0.15) is 46.6 Å². The molecule has 2 heterocycles. The van der Waals surface area contributed by atoms with Gasteiger partial charge in [0.15, 0.2) is 5.69 Å². The molecule has 0 aliphatic heterocycles. The summed E-state index contributed by atoms with van der Waals surface area (Å²) in [4.78, 5) is 16.4. The quantitative estimate of drug-likeness (QED) is 0.603. The van der Waals surface area contributed by atoms with Crippen molar-refractivity contribution in [2.75, 3.05) is 6.54 Å². The van der Waals surface area contributed by atoms with E-state index in [4.69, 9.17) is 14.9 Å². The van der Waals surface area contributed by atoms with E-state index >= 15 is 0 Å². The van der Waals surface area contributed by atoms with Crippen molar-refractivity contribution in [1.29, 1.82) is 0 Å². The van der Waals surface area contributed by atoms with E-state index in [0.29, 0.717) is 34.6 Å². The number of nitrogens with zero attached hydrogens (tertiary/aromatic N) is 1. The summed E-state index contributed by atoms with van der Waals surface area (Å²) in [5.74, 6) is 0.476. The molecule has 0 bridgehead atoms. The van der Waals surface area contributed by atoms with Crippen molar-refractivity contribution < 1.29 is 27.1 Å². The summed E-state index contributed by atoms with van der Waals surface area (Å²) in [5, 5.41) is 3.55. The molecule has 3 N–H and O–H groups in total. The lowest BCUT2D eigenvalue weighted by Gasteiger charge is -2.41. The molecule has 6 nitrogen and oxygen atoms in total. The summed E-state index contributed by atoms with van der Waals surface area (Å²) in [7, 11) is 0. The molecule has 4 rings (SSSR count). The average molecular weight is 433 g/mol. The van der Waals surface area contributed by atoms with Crippen LogP contribution in [0.25, 0.3) is 11.0 Å². The number of halogens is 3. The smallest absolute Gasteiger partial charge is 0.433 e. The van der Waals surface area contributed by atoms with Crippen LogP contribution in [0.4, 0.5) is 13.2 Å². The molecule has 1 fully saturated rings. The molecular formula is C22H22F3N3O3. The Balaban J connectivity index is 1.59. The maximum absolute atomic E-state index is 13.1. The molecule has 0 unspecified atom stereocenters. The van der Waals surface area contributed by atoms with Gasteiger partial charge in [0.2, 0.25) is 0 Å². The molecule has 1 aromatic carbocycles. The fourth-order valence-corrected chi connectivity index (χ4v) is 3.83. The summed E-state index contributed by atoms with van der Waals surface area (Å²) in [6.07, 6.45) is -0.823. The summed E-state index contributed by atoms with van der Waals surface area (Å²) in [6, 6.07) is 7.56. The molecule has 3 aromatic rings. The van der Waals surface area contributed by atoms with Crippen molar-refractivity contribution >= 4 is 16.9 Å². The van der Waals surface area contributed by atoms with Gasteiger partial charge in [-0.05, 0) is 50.5 Å². The number of nitrogens with two attached hydrogens (primary N) is 1. The highest BCUT2D eigenvalue weighted by atomic mass is 19.4. The van der Waals surface area contributed by atoms with Crippen LogP contribution >= 0.6 is 0 Å². The summed E-state index contributed by atoms with van der Waals surface area (Å²) >= 11 is 0. The number of aromatic nitrogens is 1. The number of rotatable bonds is 6. The highest BCUT2D eigenvalue weighted by Gasteiger charge is 2.38. The fraction of sp³-hybridized carbons (Fsp3) is 0.364. The first-order valence-corrected chi connectivity index (χ1v) is 9.92. The lowest BCUT2D eigenvalue weighted by atomic mass is 9.76. The third-order valence-electron chi connectivity index (χ3n) is 5.70. The minimum Gasteiger partial charge on any atom is -0.489 e. The van der Waals surface area contributed by atoms with Crippen LogP contribution in [0.15, 0.2) is 40.9 Å². The largest absolute Gasteiger partial charge is 0.489 e. The third-order valence-corrected chi connectivity index (χ3v) is 5.70. The molecular weight excluding hydrogens is 411 g/mol. The van der Waals surface area contributed by atoms with Crippen LogP contribution in [-0.4, -0.2) is 23.0 Å². The number of carbonyl (C=O) groups excluding carboxylic acids is 1. The van der Waals surface area contributed by atoms with Gasteiger partial charge in [-0.2, -0.15) is 13.2 Å². The zero-order chi connectivity index (χ0) is 22.2. The Kier molecular flexibility index (Phi) is 5.38. The SMILES string of the molecule is Cc1oc2ccc(OCc3cccnc3C(F)(F)F)cc2c1C(=O)NC1(CN)CCC1. The zero-order valence-corrected chi connectivity index (χ0v) is 16.9. The summed E-state index contributed by atoms with van der Waals surface area (Å²) in [6.45, 7) is 1.73. The summed E-state index contributed by atoms with van der Waals surface area (Å²) in [5.41, 5.74) is 5.25. The molecule has 1 aliphatic rings. The standard InChI is InChI=1S/C22H22F3N3O3/c1-13-18(20(29)28-21(12-26)7-3-8-21)16-10-15(5-6-17(16)31-13)30-11-14-4-2-9-27-19(14)22(23,24)25/h2,4-6,9-10H,3,7-8,11-12,26H2,1H3,(H,28,29). The van der Waals surface area contributed by atoms with Gasteiger partial charge in [0.05, 0.1) is 11.1 Å². The predicted molar refractivity (Wildman–Crippen MR) is 108 cm³/mol. The van der Waals surface area contributed by atoms with Gasteiger partial charge in [-0.25, -0.2) is 0 Å². The lowest BCUT2D eigenvalue weighted by Crippen LogP contribution is -2.58. The number of furan rings is 1.